The molecule has 2 aromatic carbocycles. The standard InChI is InChI=1S/C22H26FN3.C2H2O4/c1-4-8-22(18-9-6-5-7-10-18)24-15-21-16(2)25-26(17(21)3)20-13-11-19(23)12-14-20;3-1(4)2(5)6/h5-7,9-14,22,24H,4,8,15H2,1-3H3;(H,3,4)(H,5,6). The second kappa shape index (κ2) is 11.8. The number of hydrogen-bond donors (Lipinski definition) is 3. The molecule has 1 heterocycles. The van der Waals surface area contributed by atoms with Gasteiger partial charge >= 0.3 is 11.9 Å². The molecule has 7 nitrogen and oxygen atoms in total. The van der Waals surface area contributed by atoms with Gasteiger partial charge in [-0.2, -0.15) is 5.10 Å². The third-order valence-corrected chi connectivity index (χ3v) is 5.00. The van der Waals surface area contributed by atoms with Gasteiger partial charge in [0.05, 0.1) is 11.4 Å². The van der Waals surface area contributed by atoms with Crippen molar-refractivity contribution in [3.05, 3.63) is 82.9 Å². The Morgan fingerprint density at radius 3 is 2.16 bits per heavy atom. The van der Waals surface area contributed by atoms with Crippen molar-refractivity contribution in [2.45, 2.75) is 46.2 Å². The van der Waals surface area contributed by atoms with Gasteiger partial charge in [0, 0.05) is 23.8 Å². The quantitative estimate of drug-likeness (QED) is 0.469. The molecule has 170 valence electrons. The molecule has 3 aromatic rings. The molecule has 3 N–H and O–H groups in total. The summed E-state index contributed by atoms with van der Waals surface area (Å²) in [6.45, 7) is 7.07. The first-order valence-electron chi connectivity index (χ1n) is 10.3. The highest BCUT2D eigenvalue weighted by Gasteiger charge is 2.15. The molecule has 0 saturated carbocycles. The first-order valence-corrected chi connectivity index (χ1v) is 10.3. The van der Waals surface area contributed by atoms with E-state index >= 15 is 0 Å². The summed E-state index contributed by atoms with van der Waals surface area (Å²) in [5.74, 6) is -3.88. The predicted octanol–water partition coefficient (Wildman–Crippen LogP) is 4.41. The van der Waals surface area contributed by atoms with Crippen molar-refractivity contribution in [3.8, 4) is 5.69 Å². The fraction of sp³-hybridized carbons (Fsp3) is 0.292. The number of nitrogens with zero attached hydrogens (tertiary/aromatic N) is 2. The third-order valence-electron chi connectivity index (χ3n) is 5.00. The van der Waals surface area contributed by atoms with E-state index in [9.17, 15) is 4.39 Å². The predicted molar refractivity (Wildman–Crippen MR) is 119 cm³/mol. The maximum Gasteiger partial charge on any atom is 0.414 e. The van der Waals surface area contributed by atoms with Crippen LogP contribution in [0.15, 0.2) is 54.6 Å². The Morgan fingerprint density at radius 2 is 1.62 bits per heavy atom. The Labute approximate surface area is 186 Å². The van der Waals surface area contributed by atoms with E-state index in [-0.39, 0.29) is 5.82 Å². The highest BCUT2D eigenvalue weighted by Crippen LogP contribution is 2.22. The summed E-state index contributed by atoms with van der Waals surface area (Å²) in [6.07, 6.45) is 2.22. The van der Waals surface area contributed by atoms with Crippen LogP contribution in [0.1, 0.15) is 48.3 Å². The van der Waals surface area contributed by atoms with Crippen molar-refractivity contribution in [3.63, 3.8) is 0 Å². The van der Waals surface area contributed by atoms with Crippen molar-refractivity contribution in [2.24, 2.45) is 0 Å². The number of aromatic nitrogens is 2. The van der Waals surface area contributed by atoms with E-state index in [1.54, 1.807) is 12.1 Å². The topological polar surface area (TPSA) is 104 Å². The van der Waals surface area contributed by atoms with Crippen LogP contribution in [-0.4, -0.2) is 31.9 Å². The molecule has 1 aromatic heterocycles. The lowest BCUT2D eigenvalue weighted by Crippen LogP contribution is -2.21. The van der Waals surface area contributed by atoms with E-state index in [0.717, 1.165) is 36.5 Å². The zero-order valence-electron chi connectivity index (χ0n) is 18.4. The van der Waals surface area contributed by atoms with Crippen LogP contribution in [0.3, 0.4) is 0 Å². The molecule has 3 rings (SSSR count). The summed E-state index contributed by atoms with van der Waals surface area (Å²) in [4.78, 5) is 18.2. The monoisotopic (exact) mass is 441 g/mol. The van der Waals surface area contributed by atoms with Gasteiger partial charge in [-0.15, -0.1) is 0 Å². The number of benzene rings is 2. The fourth-order valence-electron chi connectivity index (χ4n) is 3.35. The molecule has 0 aliphatic rings. The average molecular weight is 442 g/mol. The summed E-state index contributed by atoms with van der Waals surface area (Å²) in [7, 11) is 0. The molecule has 1 atom stereocenters. The Hall–Kier alpha value is -3.52. The number of rotatable bonds is 7. The second-order valence-corrected chi connectivity index (χ2v) is 7.28. The average Bonchev–Trinajstić information content (AvgIpc) is 3.06. The van der Waals surface area contributed by atoms with Crippen LogP contribution in [0.2, 0.25) is 0 Å². The van der Waals surface area contributed by atoms with E-state index in [0.29, 0.717) is 6.04 Å². The van der Waals surface area contributed by atoms with Crippen LogP contribution >= 0.6 is 0 Å². The van der Waals surface area contributed by atoms with Crippen molar-refractivity contribution in [2.75, 3.05) is 0 Å². The summed E-state index contributed by atoms with van der Waals surface area (Å²) in [5, 5.41) is 23.1. The van der Waals surface area contributed by atoms with Crippen LogP contribution in [0.25, 0.3) is 5.69 Å². The number of nitrogens with one attached hydrogen (secondary N) is 1. The second-order valence-electron chi connectivity index (χ2n) is 7.28. The first-order chi connectivity index (χ1) is 15.2. The van der Waals surface area contributed by atoms with E-state index < -0.39 is 11.9 Å². The van der Waals surface area contributed by atoms with Gasteiger partial charge < -0.3 is 15.5 Å². The molecule has 0 aliphatic carbocycles. The summed E-state index contributed by atoms with van der Waals surface area (Å²) < 4.78 is 15.1. The molecule has 0 aliphatic heterocycles. The number of aryl methyl sites for hydroxylation is 1. The van der Waals surface area contributed by atoms with Gasteiger partial charge in [0.2, 0.25) is 0 Å². The summed E-state index contributed by atoms with van der Waals surface area (Å²) in [6, 6.07) is 17.4. The number of carbonyl (C=O) groups is 2. The smallest absolute Gasteiger partial charge is 0.414 e. The Morgan fingerprint density at radius 1 is 1.03 bits per heavy atom. The molecule has 0 radical (unpaired) electrons. The molecule has 0 saturated heterocycles. The fourth-order valence-corrected chi connectivity index (χ4v) is 3.35. The lowest BCUT2D eigenvalue weighted by Gasteiger charge is -2.19. The number of carboxylic acids is 2. The Kier molecular flexibility index (Phi) is 9.09. The maximum atomic E-state index is 13.2. The van der Waals surface area contributed by atoms with Crippen molar-refractivity contribution < 1.29 is 24.2 Å². The normalized spacial score (nSPS) is 11.4. The van der Waals surface area contributed by atoms with Gasteiger partial charge in [-0.3, -0.25) is 0 Å². The number of carboxylic acid groups (broad SMARTS) is 2. The molecule has 0 spiro atoms. The molecule has 32 heavy (non-hydrogen) atoms. The third kappa shape index (κ3) is 6.75. The van der Waals surface area contributed by atoms with Crippen LogP contribution in [0, 0.1) is 19.7 Å². The zero-order chi connectivity index (χ0) is 23.7. The van der Waals surface area contributed by atoms with Crippen LogP contribution < -0.4 is 5.32 Å². The molecule has 1 unspecified atom stereocenters. The van der Waals surface area contributed by atoms with Crippen molar-refractivity contribution in [1.82, 2.24) is 15.1 Å². The minimum Gasteiger partial charge on any atom is -0.473 e. The molecule has 0 bridgehead atoms. The van der Waals surface area contributed by atoms with Gasteiger partial charge in [-0.1, -0.05) is 43.7 Å². The van der Waals surface area contributed by atoms with Gasteiger partial charge in [0.25, 0.3) is 0 Å². The Balaban J connectivity index is 0.000000534. The van der Waals surface area contributed by atoms with E-state index in [4.69, 9.17) is 19.8 Å². The highest BCUT2D eigenvalue weighted by molar-refractivity contribution is 6.27. The summed E-state index contributed by atoms with van der Waals surface area (Å²) in [5.41, 5.74) is 5.49. The molecule has 0 fully saturated rings. The number of halogens is 1. The number of hydrogen-bond acceptors (Lipinski definition) is 4. The summed E-state index contributed by atoms with van der Waals surface area (Å²) >= 11 is 0. The Bertz CT molecular complexity index is 1020. The van der Waals surface area contributed by atoms with Crippen LogP contribution in [0.5, 0.6) is 0 Å². The van der Waals surface area contributed by atoms with E-state index in [1.165, 1.54) is 23.3 Å². The van der Waals surface area contributed by atoms with Gasteiger partial charge in [-0.05, 0) is 50.1 Å². The van der Waals surface area contributed by atoms with Crippen molar-refractivity contribution in [1.29, 1.82) is 0 Å². The minimum atomic E-state index is -1.82. The molecular formula is C24H28FN3O4. The maximum absolute atomic E-state index is 13.2. The van der Waals surface area contributed by atoms with Gasteiger partial charge in [-0.25, -0.2) is 18.7 Å². The lowest BCUT2D eigenvalue weighted by atomic mass is 10.0. The number of aliphatic carboxylic acids is 2. The zero-order valence-corrected chi connectivity index (χ0v) is 18.4. The van der Waals surface area contributed by atoms with Crippen LogP contribution in [0.4, 0.5) is 4.39 Å². The first kappa shape index (κ1) is 24.7. The molecule has 8 heteroatoms. The molecular weight excluding hydrogens is 413 g/mol. The van der Waals surface area contributed by atoms with Crippen LogP contribution in [-0.2, 0) is 16.1 Å². The van der Waals surface area contributed by atoms with Crippen molar-refractivity contribution >= 4 is 11.9 Å². The van der Waals surface area contributed by atoms with E-state index in [2.05, 4.69) is 48.5 Å². The lowest BCUT2D eigenvalue weighted by molar-refractivity contribution is -0.159. The highest BCUT2D eigenvalue weighted by atomic mass is 19.1. The largest absolute Gasteiger partial charge is 0.473 e. The van der Waals surface area contributed by atoms with Gasteiger partial charge in [0.15, 0.2) is 0 Å². The SMILES string of the molecule is CCCC(NCc1c(C)nn(-c2ccc(F)cc2)c1C)c1ccccc1.O=C(O)C(=O)O. The van der Waals surface area contributed by atoms with E-state index in [1.807, 2.05) is 17.7 Å². The molecule has 0 amide bonds. The van der Waals surface area contributed by atoms with Gasteiger partial charge in [0.1, 0.15) is 5.82 Å². The minimum absolute atomic E-state index is 0.234.